The average Bonchev–Trinajstić information content (AvgIpc) is 3.38. The molecule has 0 unspecified atom stereocenters. The third kappa shape index (κ3) is 4.12. The quantitative estimate of drug-likeness (QED) is 0.351. The van der Waals surface area contributed by atoms with Gasteiger partial charge in [-0.05, 0) is 53.1 Å². The largest absolute Gasteiger partial charge is 0.337 e. The van der Waals surface area contributed by atoms with E-state index in [4.69, 9.17) is 0 Å². The first-order chi connectivity index (χ1) is 16.2. The Morgan fingerprint density at radius 1 is 0.971 bits per heavy atom. The second-order valence-electron chi connectivity index (χ2n) is 8.11. The van der Waals surface area contributed by atoms with Crippen LogP contribution in [0.3, 0.4) is 0 Å². The fourth-order valence-corrected chi connectivity index (χ4v) is 6.34. The first-order valence-electron chi connectivity index (χ1n) is 10.3. The Morgan fingerprint density at radius 3 is 2.50 bits per heavy atom. The summed E-state index contributed by atoms with van der Waals surface area (Å²) in [6.45, 7) is 0.604. The molecule has 34 heavy (non-hydrogen) atoms. The van der Waals surface area contributed by atoms with Gasteiger partial charge in [-0.3, -0.25) is 9.78 Å². The van der Waals surface area contributed by atoms with Crippen LogP contribution < -0.4 is 0 Å². The highest BCUT2D eigenvalue weighted by molar-refractivity contribution is 7.90. The lowest BCUT2D eigenvalue weighted by atomic mass is 10.1. The van der Waals surface area contributed by atoms with Crippen LogP contribution in [0.1, 0.15) is 21.5 Å². The molecule has 0 aliphatic carbocycles. The van der Waals surface area contributed by atoms with Gasteiger partial charge < -0.3 is 4.90 Å². The van der Waals surface area contributed by atoms with Crippen molar-refractivity contribution in [3.05, 3.63) is 95.3 Å². The van der Waals surface area contributed by atoms with E-state index in [1.807, 2.05) is 30.3 Å². The fourth-order valence-electron chi connectivity index (χ4n) is 3.97. The van der Waals surface area contributed by atoms with E-state index < -0.39 is 32.1 Å². The van der Waals surface area contributed by atoms with Crippen LogP contribution in [-0.4, -0.2) is 31.3 Å². The maximum atomic E-state index is 14.0. The first kappa shape index (κ1) is 22.4. The zero-order valence-corrected chi connectivity index (χ0v) is 19.6. The number of pyridine rings is 1. The summed E-state index contributed by atoms with van der Waals surface area (Å²) in [6.07, 6.45) is 3.05. The van der Waals surface area contributed by atoms with E-state index in [1.54, 1.807) is 24.2 Å². The van der Waals surface area contributed by atoms with E-state index in [-0.39, 0.29) is 5.91 Å². The van der Waals surface area contributed by atoms with Gasteiger partial charge in [-0.1, -0.05) is 12.1 Å². The van der Waals surface area contributed by atoms with Crippen molar-refractivity contribution in [2.24, 2.45) is 0 Å². The van der Waals surface area contributed by atoms with Crippen molar-refractivity contribution in [3.63, 3.8) is 0 Å². The van der Waals surface area contributed by atoms with Gasteiger partial charge in [0.25, 0.3) is 5.91 Å². The molecular weight excluding hydrogens is 478 g/mol. The number of sulfone groups is 1. The molecule has 2 aromatic carbocycles. The van der Waals surface area contributed by atoms with Crippen molar-refractivity contribution in [2.75, 3.05) is 7.05 Å². The number of nitrogens with zero attached hydrogens (tertiary/aromatic N) is 2. The fraction of sp³-hybridized carbons (Fsp3) is 0.120. The summed E-state index contributed by atoms with van der Waals surface area (Å²) < 4.78 is 52.6. The van der Waals surface area contributed by atoms with Gasteiger partial charge in [0, 0.05) is 52.9 Å². The van der Waals surface area contributed by atoms with Crippen LogP contribution in [0.5, 0.6) is 0 Å². The van der Waals surface area contributed by atoms with E-state index >= 15 is 0 Å². The van der Waals surface area contributed by atoms with Gasteiger partial charge in [0.05, 0.1) is 5.75 Å². The molecule has 4 aromatic rings. The lowest BCUT2D eigenvalue weighted by molar-refractivity contribution is 0.0816. The predicted octanol–water partition coefficient (Wildman–Crippen LogP) is 5.31. The molecule has 0 fully saturated rings. The summed E-state index contributed by atoms with van der Waals surface area (Å²) in [6, 6.07) is 13.8. The van der Waals surface area contributed by atoms with Gasteiger partial charge in [0.15, 0.2) is 9.84 Å². The monoisotopic (exact) mass is 496 g/mol. The van der Waals surface area contributed by atoms with Crippen LogP contribution in [0.2, 0.25) is 0 Å². The number of fused-ring (bicyclic) bond motifs is 1. The maximum absolute atomic E-state index is 14.0. The average molecular weight is 497 g/mol. The second kappa shape index (κ2) is 8.41. The van der Waals surface area contributed by atoms with Crippen LogP contribution in [-0.2, 0) is 22.1 Å². The number of halogens is 2. The Kier molecular flexibility index (Phi) is 5.53. The molecule has 172 valence electrons. The number of rotatable bonds is 5. The summed E-state index contributed by atoms with van der Waals surface area (Å²) in [5.74, 6) is -2.42. The molecule has 0 spiro atoms. The molecule has 0 bridgehead atoms. The van der Waals surface area contributed by atoms with E-state index in [9.17, 15) is 22.0 Å². The standard InChI is InChI=1S/C25H18F2N2O3S2/c1-29-13-17-3-2-16(9-20(17)25(29)30)22-5-6-23(33-22)18-8-15(11-28-12-18)14-34(31,32)24-7-4-19(26)10-21(24)27/h2-12H,13-14H2,1H3. The number of amides is 1. The number of benzene rings is 2. The van der Waals surface area contributed by atoms with E-state index in [0.29, 0.717) is 23.7 Å². The number of hydrogen-bond donors (Lipinski definition) is 0. The maximum Gasteiger partial charge on any atom is 0.254 e. The highest BCUT2D eigenvalue weighted by Crippen LogP contribution is 2.36. The molecule has 1 aliphatic rings. The first-order valence-corrected chi connectivity index (χ1v) is 12.8. The van der Waals surface area contributed by atoms with Crippen LogP contribution >= 0.6 is 11.3 Å². The zero-order valence-electron chi connectivity index (χ0n) is 18.0. The van der Waals surface area contributed by atoms with Gasteiger partial charge in [0.2, 0.25) is 0 Å². The van der Waals surface area contributed by atoms with Crippen molar-refractivity contribution in [3.8, 4) is 20.9 Å². The van der Waals surface area contributed by atoms with E-state index in [1.165, 1.54) is 17.5 Å². The summed E-state index contributed by atoms with van der Waals surface area (Å²) in [5, 5.41) is 0. The second-order valence-corrected chi connectivity index (χ2v) is 11.2. The molecule has 1 amide bonds. The minimum absolute atomic E-state index is 0.00401. The SMILES string of the molecule is CN1Cc2ccc(-c3ccc(-c4cncc(CS(=O)(=O)c5ccc(F)cc5F)c4)s3)cc2C1=O. The molecule has 9 heteroatoms. The van der Waals surface area contributed by atoms with Crippen molar-refractivity contribution < 1.29 is 22.0 Å². The molecule has 5 nitrogen and oxygen atoms in total. The van der Waals surface area contributed by atoms with Crippen LogP contribution in [0.25, 0.3) is 20.9 Å². The smallest absolute Gasteiger partial charge is 0.254 e. The van der Waals surface area contributed by atoms with Gasteiger partial charge in [-0.2, -0.15) is 0 Å². The van der Waals surface area contributed by atoms with Gasteiger partial charge in [-0.15, -0.1) is 11.3 Å². The molecule has 0 atom stereocenters. The van der Waals surface area contributed by atoms with Crippen molar-refractivity contribution >= 4 is 27.1 Å². The van der Waals surface area contributed by atoms with Crippen molar-refractivity contribution in [2.45, 2.75) is 17.2 Å². The molecule has 2 aromatic heterocycles. The Hall–Kier alpha value is -3.43. The van der Waals surface area contributed by atoms with E-state index in [0.717, 1.165) is 38.6 Å². The van der Waals surface area contributed by atoms with Gasteiger partial charge in [-0.25, -0.2) is 17.2 Å². The number of carbonyl (C=O) groups excluding carboxylic acids is 1. The molecule has 1 aliphatic heterocycles. The topological polar surface area (TPSA) is 67.3 Å². The van der Waals surface area contributed by atoms with Crippen LogP contribution in [0, 0.1) is 11.6 Å². The highest BCUT2D eigenvalue weighted by Gasteiger charge is 2.25. The predicted molar refractivity (Wildman–Crippen MR) is 126 cm³/mol. The summed E-state index contributed by atoms with van der Waals surface area (Å²) in [5.41, 5.74) is 3.75. The molecule has 0 radical (unpaired) electrons. The Labute approximate surface area is 199 Å². The minimum atomic E-state index is -4.03. The third-order valence-electron chi connectivity index (χ3n) is 5.65. The lowest BCUT2D eigenvalue weighted by Gasteiger charge is -2.07. The molecule has 3 heterocycles. The Morgan fingerprint density at radius 2 is 1.74 bits per heavy atom. The lowest BCUT2D eigenvalue weighted by Crippen LogP contribution is -2.17. The summed E-state index contributed by atoms with van der Waals surface area (Å²) in [7, 11) is -2.25. The third-order valence-corrected chi connectivity index (χ3v) is 8.55. The van der Waals surface area contributed by atoms with Crippen LogP contribution in [0.15, 0.2) is 71.9 Å². The number of hydrogen-bond acceptors (Lipinski definition) is 5. The van der Waals surface area contributed by atoms with Crippen molar-refractivity contribution in [1.29, 1.82) is 0 Å². The highest BCUT2D eigenvalue weighted by atomic mass is 32.2. The van der Waals surface area contributed by atoms with Gasteiger partial charge in [0.1, 0.15) is 16.5 Å². The number of carbonyl (C=O) groups is 1. The summed E-state index contributed by atoms with van der Waals surface area (Å²) >= 11 is 1.50. The molecule has 5 rings (SSSR count). The number of thiophene rings is 1. The normalized spacial score (nSPS) is 13.4. The van der Waals surface area contributed by atoms with Crippen molar-refractivity contribution in [1.82, 2.24) is 9.88 Å². The van der Waals surface area contributed by atoms with Gasteiger partial charge >= 0.3 is 0 Å². The van der Waals surface area contributed by atoms with E-state index in [2.05, 4.69) is 4.98 Å². The number of aromatic nitrogens is 1. The molecular formula is C25H18F2N2O3S2. The van der Waals surface area contributed by atoms with Crippen LogP contribution in [0.4, 0.5) is 8.78 Å². The zero-order chi connectivity index (χ0) is 24.0. The Balaban J connectivity index is 1.41. The molecule has 0 saturated heterocycles. The Bertz CT molecular complexity index is 1550. The molecule has 0 saturated carbocycles. The minimum Gasteiger partial charge on any atom is -0.337 e. The summed E-state index contributed by atoms with van der Waals surface area (Å²) in [4.78, 5) is 19.5. The molecule has 0 N–H and O–H groups in total.